The van der Waals surface area contributed by atoms with Gasteiger partial charge in [-0.1, -0.05) is 12.1 Å². The first-order valence-electron chi connectivity index (χ1n) is 7.52. The van der Waals surface area contributed by atoms with Crippen LogP contribution in [0.5, 0.6) is 0 Å². The summed E-state index contributed by atoms with van der Waals surface area (Å²) >= 11 is 0. The molecule has 5 nitrogen and oxygen atoms in total. The van der Waals surface area contributed by atoms with Gasteiger partial charge in [-0.3, -0.25) is 0 Å². The summed E-state index contributed by atoms with van der Waals surface area (Å²) in [6, 6.07) is 14.3. The summed E-state index contributed by atoms with van der Waals surface area (Å²) in [5.74, 6) is -0.466. The highest BCUT2D eigenvalue weighted by Crippen LogP contribution is 2.23. The highest BCUT2D eigenvalue weighted by molar-refractivity contribution is 7.89. The largest absolute Gasteiger partial charge is 0.368 e. The van der Waals surface area contributed by atoms with Gasteiger partial charge >= 0.3 is 0 Å². The van der Waals surface area contributed by atoms with Gasteiger partial charge in [0.2, 0.25) is 10.0 Å². The minimum atomic E-state index is -3.63. The number of rotatable bonds is 3. The summed E-state index contributed by atoms with van der Waals surface area (Å²) in [6.45, 7) is 1.64. The molecule has 7 heteroatoms. The van der Waals surface area contributed by atoms with Crippen LogP contribution in [0.25, 0.3) is 0 Å². The molecule has 2 aromatic carbocycles. The predicted molar refractivity (Wildman–Crippen MR) is 88.5 cm³/mol. The second kappa shape index (κ2) is 6.59. The van der Waals surface area contributed by atoms with Crippen LogP contribution in [0, 0.1) is 17.1 Å². The lowest BCUT2D eigenvalue weighted by Crippen LogP contribution is -2.48. The van der Waals surface area contributed by atoms with Crippen LogP contribution in [0.2, 0.25) is 0 Å². The molecule has 3 rings (SSSR count). The van der Waals surface area contributed by atoms with Crippen molar-refractivity contribution in [2.75, 3.05) is 31.1 Å². The summed E-state index contributed by atoms with van der Waals surface area (Å²) in [6.07, 6.45) is 0. The van der Waals surface area contributed by atoms with Gasteiger partial charge in [0.1, 0.15) is 11.9 Å². The Bertz CT molecular complexity index is 867. The van der Waals surface area contributed by atoms with E-state index >= 15 is 0 Å². The average Bonchev–Trinajstić information content (AvgIpc) is 2.62. The van der Waals surface area contributed by atoms with Crippen LogP contribution in [0.1, 0.15) is 5.56 Å². The summed E-state index contributed by atoms with van der Waals surface area (Å²) in [5.41, 5.74) is 1.39. The normalized spacial score (nSPS) is 15.9. The van der Waals surface area contributed by atoms with E-state index in [9.17, 15) is 18.1 Å². The molecule has 2 aromatic rings. The molecular formula is C17H16FN3O2S. The number of hydrogen-bond acceptors (Lipinski definition) is 4. The molecule has 0 bridgehead atoms. The average molecular weight is 345 g/mol. The number of sulfonamides is 1. The lowest BCUT2D eigenvalue weighted by molar-refractivity contribution is 0.385. The van der Waals surface area contributed by atoms with Crippen LogP contribution in [0.15, 0.2) is 53.4 Å². The lowest BCUT2D eigenvalue weighted by Gasteiger charge is -2.35. The predicted octanol–water partition coefficient (Wildman–Crippen LogP) is 2.21. The second-order valence-corrected chi connectivity index (χ2v) is 7.41. The summed E-state index contributed by atoms with van der Waals surface area (Å²) < 4.78 is 39.6. The Morgan fingerprint density at radius 3 is 2.21 bits per heavy atom. The topological polar surface area (TPSA) is 64.4 Å². The Labute approximate surface area is 140 Å². The number of nitriles is 1. The zero-order valence-electron chi connectivity index (χ0n) is 12.9. The van der Waals surface area contributed by atoms with Gasteiger partial charge in [0, 0.05) is 26.2 Å². The molecule has 1 fully saturated rings. The fourth-order valence-corrected chi connectivity index (χ4v) is 4.19. The Kier molecular flexibility index (Phi) is 4.51. The summed E-state index contributed by atoms with van der Waals surface area (Å²) in [7, 11) is -3.63. The van der Waals surface area contributed by atoms with E-state index in [1.165, 1.54) is 16.4 Å². The van der Waals surface area contributed by atoms with Crippen molar-refractivity contribution in [2.24, 2.45) is 0 Å². The number of para-hydroxylation sites is 1. The van der Waals surface area contributed by atoms with E-state index in [-0.39, 0.29) is 4.90 Å². The Morgan fingerprint density at radius 1 is 0.958 bits per heavy atom. The van der Waals surface area contributed by atoms with Gasteiger partial charge in [0.25, 0.3) is 0 Å². The molecule has 0 radical (unpaired) electrons. The monoisotopic (exact) mass is 345 g/mol. The Balaban J connectivity index is 1.75. The standard InChI is InChI=1S/C17H16FN3O2S/c18-15-5-7-16(8-6-15)24(22,23)21-11-9-20(10-12-21)17-4-2-1-3-14(17)13-19/h1-8H,9-12H2. The number of halogens is 1. The smallest absolute Gasteiger partial charge is 0.243 e. The van der Waals surface area contributed by atoms with Crippen molar-refractivity contribution in [2.45, 2.75) is 4.90 Å². The van der Waals surface area contributed by atoms with Crippen LogP contribution in [-0.2, 0) is 10.0 Å². The van der Waals surface area contributed by atoms with Gasteiger partial charge in [0.05, 0.1) is 16.1 Å². The fraction of sp³-hybridized carbons (Fsp3) is 0.235. The van der Waals surface area contributed by atoms with E-state index in [2.05, 4.69) is 6.07 Å². The van der Waals surface area contributed by atoms with Crippen molar-refractivity contribution in [1.82, 2.24) is 4.31 Å². The van der Waals surface area contributed by atoms with Crippen LogP contribution < -0.4 is 4.90 Å². The van der Waals surface area contributed by atoms with Crippen molar-refractivity contribution < 1.29 is 12.8 Å². The molecule has 0 unspecified atom stereocenters. The maximum absolute atomic E-state index is 13.0. The van der Waals surface area contributed by atoms with Crippen molar-refractivity contribution in [3.8, 4) is 6.07 Å². The van der Waals surface area contributed by atoms with E-state index in [4.69, 9.17) is 0 Å². The van der Waals surface area contributed by atoms with Gasteiger partial charge < -0.3 is 4.90 Å². The first-order valence-corrected chi connectivity index (χ1v) is 8.96. The van der Waals surface area contributed by atoms with Gasteiger partial charge in [-0.15, -0.1) is 0 Å². The zero-order valence-corrected chi connectivity index (χ0v) is 13.7. The summed E-state index contributed by atoms with van der Waals surface area (Å²) in [5, 5.41) is 9.19. The van der Waals surface area contributed by atoms with E-state index in [1.807, 2.05) is 17.0 Å². The van der Waals surface area contributed by atoms with Gasteiger partial charge in [-0.2, -0.15) is 9.57 Å². The molecule has 0 N–H and O–H groups in total. The van der Waals surface area contributed by atoms with Crippen LogP contribution >= 0.6 is 0 Å². The summed E-state index contributed by atoms with van der Waals surface area (Å²) in [4.78, 5) is 2.10. The third-order valence-electron chi connectivity index (χ3n) is 4.06. The third-order valence-corrected chi connectivity index (χ3v) is 5.97. The van der Waals surface area contributed by atoms with Crippen molar-refractivity contribution in [3.63, 3.8) is 0 Å². The van der Waals surface area contributed by atoms with Crippen LogP contribution in [0.3, 0.4) is 0 Å². The molecular weight excluding hydrogens is 329 g/mol. The fourth-order valence-electron chi connectivity index (χ4n) is 2.77. The second-order valence-electron chi connectivity index (χ2n) is 5.47. The van der Waals surface area contributed by atoms with E-state index in [1.54, 1.807) is 12.1 Å². The third kappa shape index (κ3) is 3.11. The lowest BCUT2D eigenvalue weighted by atomic mass is 10.1. The minimum Gasteiger partial charge on any atom is -0.368 e. The number of piperazine rings is 1. The zero-order chi connectivity index (χ0) is 17.2. The molecule has 0 spiro atoms. The number of benzene rings is 2. The van der Waals surface area contributed by atoms with Crippen LogP contribution in [-0.4, -0.2) is 38.9 Å². The van der Waals surface area contributed by atoms with Gasteiger partial charge in [-0.05, 0) is 36.4 Å². The molecule has 1 heterocycles. The van der Waals surface area contributed by atoms with Crippen molar-refractivity contribution in [1.29, 1.82) is 5.26 Å². The van der Waals surface area contributed by atoms with Crippen molar-refractivity contribution in [3.05, 3.63) is 59.9 Å². The van der Waals surface area contributed by atoms with E-state index in [0.29, 0.717) is 31.7 Å². The highest BCUT2D eigenvalue weighted by Gasteiger charge is 2.29. The molecule has 24 heavy (non-hydrogen) atoms. The first kappa shape index (κ1) is 16.4. The minimum absolute atomic E-state index is 0.0924. The quantitative estimate of drug-likeness (QED) is 0.855. The van der Waals surface area contributed by atoms with E-state index < -0.39 is 15.8 Å². The number of nitrogens with zero attached hydrogens (tertiary/aromatic N) is 3. The van der Waals surface area contributed by atoms with Crippen molar-refractivity contribution >= 4 is 15.7 Å². The molecule has 0 saturated carbocycles. The Hall–Kier alpha value is -2.43. The molecule has 1 aliphatic heterocycles. The number of anilines is 1. The number of hydrogen-bond donors (Lipinski definition) is 0. The molecule has 124 valence electrons. The first-order chi connectivity index (χ1) is 11.5. The molecule has 0 aliphatic carbocycles. The molecule has 0 aromatic heterocycles. The highest BCUT2D eigenvalue weighted by atomic mass is 32.2. The van der Waals surface area contributed by atoms with Crippen LogP contribution in [0.4, 0.5) is 10.1 Å². The molecule has 1 saturated heterocycles. The van der Waals surface area contributed by atoms with Gasteiger partial charge in [0.15, 0.2) is 0 Å². The maximum Gasteiger partial charge on any atom is 0.243 e. The van der Waals surface area contributed by atoms with E-state index in [0.717, 1.165) is 17.8 Å². The molecule has 0 atom stereocenters. The molecule has 0 amide bonds. The SMILES string of the molecule is N#Cc1ccccc1N1CCN(S(=O)(=O)c2ccc(F)cc2)CC1. The molecule has 1 aliphatic rings. The van der Waals surface area contributed by atoms with Gasteiger partial charge in [-0.25, -0.2) is 12.8 Å². The Morgan fingerprint density at radius 2 is 1.58 bits per heavy atom. The maximum atomic E-state index is 13.0.